The molecule has 3 aromatic carbocycles. The smallest absolute Gasteiger partial charge is 0.264 e. The van der Waals surface area contributed by atoms with E-state index in [1.807, 2.05) is 52.0 Å². The van der Waals surface area contributed by atoms with Crippen LogP contribution in [0.1, 0.15) is 37.0 Å². The third-order valence-electron chi connectivity index (χ3n) is 6.39. The Kier molecular flexibility index (Phi) is 9.94. The molecule has 0 bridgehead atoms. The molecule has 3 rings (SSSR count). The van der Waals surface area contributed by atoms with E-state index in [1.165, 1.54) is 23.1 Å². The zero-order chi connectivity index (χ0) is 27.9. The van der Waals surface area contributed by atoms with Gasteiger partial charge in [-0.25, -0.2) is 8.42 Å². The van der Waals surface area contributed by atoms with Crippen LogP contribution in [0.2, 0.25) is 5.02 Å². The standard InChI is InChI=1S/C29H34ClN3O4S/c1-5-27(29(35)31-6-2)32(19-23-13-11-10-12-21(23)3)28(34)20-33(24-17-16-22(4)26(30)18-24)38(36,37)25-14-8-7-9-15-25/h7-18,27H,5-6,19-20H2,1-4H3,(H,31,35)/t27-/m0/s1. The number of halogens is 1. The Hall–Kier alpha value is -3.36. The highest BCUT2D eigenvalue weighted by Gasteiger charge is 2.33. The largest absolute Gasteiger partial charge is 0.355 e. The second-order valence-electron chi connectivity index (χ2n) is 9.02. The van der Waals surface area contributed by atoms with Gasteiger partial charge in [0.2, 0.25) is 11.8 Å². The van der Waals surface area contributed by atoms with E-state index in [9.17, 15) is 18.0 Å². The van der Waals surface area contributed by atoms with Gasteiger partial charge < -0.3 is 10.2 Å². The molecule has 38 heavy (non-hydrogen) atoms. The van der Waals surface area contributed by atoms with E-state index in [1.54, 1.807) is 30.3 Å². The molecule has 0 radical (unpaired) electrons. The predicted molar refractivity (Wildman–Crippen MR) is 152 cm³/mol. The average Bonchev–Trinajstić information content (AvgIpc) is 2.90. The van der Waals surface area contributed by atoms with Crippen LogP contribution >= 0.6 is 11.6 Å². The second kappa shape index (κ2) is 12.9. The number of hydrogen-bond acceptors (Lipinski definition) is 4. The highest BCUT2D eigenvalue weighted by atomic mass is 35.5. The molecule has 0 heterocycles. The van der Waals surface area contributed by atoms with E-state index in [-0.39, 0.29) is 23.0 Å². The first kappa shape index (κ1) is 29.2. The third kappa shape index (κ3) is 6.74. The highest BCUT2D eigenvalue weighted by molar-refractivity contribution is 7.92. The fraction of sp³-hybridized carbons (Fsp3) is 0.310. The van der Waals surface area contributed by atoms with Crippen molar-refractivity contribution in [3.63, 3.8) is 0 Å². The zero-order valence-corrected chi connectivity index (χ0v) is 23.7. The number of sulfonamides is 1. The Morgan fingerprint density at radius 3 is 2.18 bits per heavy atom. The molecule has 0 aliphatic carbocycles. The molecule has 2 amide bonds. The molecule has 0 saturated heterocycles. The first-order valence-corrected chi connectivity index (χ1v) is 14.4. The van der Waals surface area contributed by atoms with Crippen molar-refractivity contribution in [1.29, 1.82) is 0 Å². The quantitative estimate of drug-likeness (QED) is 0.357. The number of carbonyl (C=O) groups excluding carboxylic acids is 2. The van der Waals surface area contributed by atoms with Crippen LogP contribution in [-0.2, 0) is 26.2 Å². The van der Waals surface area contributed by atoms with Crippen molar-refractivity contribution in [3.8, 4) is 0 Å². The van der Waals surface area contributed by atoms with Crippen LogP contribution in [0.3, 0.4) is 0 Å². The van der Waals surface area contributed by atoms with Crippen LogP contribution in [0.4, 0.5) is 5.69 Å². The summed E-state index contributed by atoms with van der Waals surface area (Å²) in [5.74, 6) is -0.782. The first-order chi connectivity index (χ1) is 18.1. The van der Waals surface area contributed by atoms with Crippen LogP contribution < -0.4 is 9.62 Å². The van der Waals surface area contributed by atoms with Crippen molar-refractivity contribution in [2.45, 2.75) is 51.6 Å². The van der Waals surface area contributed by atoms with Crippen LogP contribution in [0.25, 0.3) is 0 Å². The van der Waals surface area contributed by atoms with E-state index in [4.69, 9.17) is 11.6 Å². The number of aryl methyl sites for hydroxylation is 2. The molecule has 0 aliphatic heterocycles. The zero-order valence-electron chi connectivity index (χ0n) is 22.1. The van der Waals surface area contributed by atoms with Gasteiger partial charge in [-0.15, -0.1) is 0 Å². The summed E-state index contributed by atoms with van der Waals surface area (Å²) in [7, 11) is -4.13. The van der Waals surface area contributed by atoms with Gasteiger partial charge in [0.1, 0.15) is 12.6 Å². The average molecular weight is 556 g/mol. The van der Waals surface area contributed by atoms with Crippen molar-refractivity contribution in [2.75, 3.05) is 17.4 Å². The summed E-state index contributed by atoms with van der Waals surface area (Å²) in [5, 5.41) is 3.19. The molecule has 0 saturated carbocycles. The lowest BCUT2D eigenvalue weighted by Gasteiger charge is -2.33. The van der Waals surface area contributed by atoms with Crippen molar-refractivity contribution in [2.24, 2.45) is 0 Å². The molecule has 0 unspecified atom stereocenters. The lowest BCUT2D eigenvalue weighted by Crippen LogP contribution is -2.52. The summed E-state index contributed by atoms with van der Waals surface area (Å²) in [6.45, 7) is 7.47. The minimum absolute atomic E-state index is 0.0470. The van der Waals surface area contributed by atoms with Crippen molar-refractivity contribution in [3.05, 3.63) is 94.5 Å². The van der Waals surface area contributed by atoms with E-state index < -0.39 is 28.5 Å². The molecule has 7 nitrogen and oxygen atoms in total. The van der Waals surface area contributed by atoms with E-state index in [2.05, 4.69) is 5.32 Å². The molecule has 0 aromatic heterocycles. The normalized spacial score (nSPS) is 12.0. The van der Waals surface area contributed by atoms with Crippen LogP contribution in [-0.4, -0.2) is 44.3 Å². The van der Waals surface area contributed by atoms with E-state index in [0.717, 1.165) is 21.0 Å². The summed E-state index contributed by atoms with van der Waals surface area (Å²) >= 11 is 6.36. The Morgan fingerprint density at radius 2 is 1.58 bits per heavy atom. The van der Waals surface area contributed by atoms with Crippen molar-refractivity contribution in [1.82, 2.24) is 10.2 Å². The number of rotatable bonds is 11. The molecule has 3 aromatic rings. The Labute approximate surface area is 230 Å². The fourth-order valence-corrected chi connectivity index (χ4v) is 5.77. The number of benzene rings is 3. The van der Waals surface area contributed by atoms with Crippen LogP contribution in [0, 0.1) is 13.8 Å². The fourth-order valence-electron chi connectivity index (χ4n) is 4.17. The van der Waals surface area contributed by atoms with Gasteiger partial charge in [0, 0.05) is 18.1 Å². The number of anilines is 1. The number of amides is 2. The molecular formula is C29H34ClN3O4S. The van der Waals surface area contributed by atoms with Crippen LogP contribution in [0.15, 0.2) is 77.7 Å². The minimum Gasteiger partial charge on any atom is -0.355 e. The van der Waals surface area contributed by atoms with Gasteiger partial charge in [-0.1, -0.05) is 67.1 Å². The number of nitrogens with one attached hydrogen (secondary N) is 1. The van der Waals surface area contributed by atoms with Gasteiger partial charge in [0.05, 0.1) is 10.6 Å². The number of nitrogens with zero attached hydrogens (tertiary/aromatic N) is 2. The molecule has 1 N–H and O–H groups in total. The van der Waals surface area contributed by atoms with E-state index in [0.29, 0.717) is 18.0 Å². The summed E-state index contributed by atoms with van der Waals surface area (Å²) in [6, 6.07) is 19.7. The Morgan fingerprint density at radius 1 is 0.921 bits per heavy atom. The summed E-state index contributed by atoms with van der Waals surface area (Å²) in [5.41, 5.74) is 2.89. The molecular weight excluding hydrogens is 522 g/mol. The lowest BCUT2D eigenvalue weighted by atomic mass is 10.1. The van der Waals surface area contributed by atoms with Crippen LogP contribution in [0.5, 0.6) is 0 Å². The van der Waals surface area contributed by atoms with Gasteiger partial charge in [0.15, 0.2) is 0 Å². The molecule has 9 heteroatoms. The van der Waals surface area contributed by atoms with E-state index >= 15 is 0 Å². The maximum absolute atomic E-state index is 14.0. The Bertz CT molecular complexity index is 1380. The molecule has 202 valence electrons. The first-order valence-electron chi connectivity index (χ1n) is 12.6. The number of carbonyl (C=O) groups is 2. The molecule has 1 atom stereocenters. The molecule has 0 aliphatic rings. The Balaban J connectivity index is 2.08. The van der Waals surface area contributed by atoms with Gasteiger partial charge in [-0.3, -0.25) is 13.9 Å². The maximum atomic E-state index is 14.0. The summed E-state index contributed by atoms with van der Waals surface area (Å²) in [6.07, 6.45) is 0.366. The molecule has 0 fully saturated rings. The monoisotopic (exact) mass is 555 g/mol. The summed E-state index contributed by atoms with van der Waals surface area (Å²) in [4.78, 5) is 28.5. The number of likely N-dealkylation sites (N-methyl/N-ethyl adjacent to an activating group) is 1. The topological polar surface area (TPSA) is 86.8 Å². The second-order valence-corrected chi connectivity index (χ2v) is 11.3. The highest BCUT2D eigenvalue weighted by Crippen LogP contribution is 2.28. The predicted octanol–water partition coefficient (Wildman–Crippen LogP) is 5.10. The third-order valence-corrected chi connectivity index (χ3v) is 8.59. The maximum Gasteiger partial charge on any atom is 0.264 e. The van der Waals surface area contributed by atoms with Crippen molar-refractivity contribution >= 4 is 39.1 Å². The lowest BCUT2D eigenvalue weighted by molar-refractivity contribution is -0.140. The molecule has 0 spiro atoms. The number of hydrogen-bond donors (Lipinski definition) is 1. The van der Waals surface area contributed by atoms with Crippen molar-refractivity contribution < 1.29 is 18.0 Å². The van der Waals surface area contributed by atoms with Gasteiger partial charge in [-0.2, -0.15) is 0 Å². The summed E-state index contributed by atoms with van der Waals surface area (Å²) < 4.78 is 28.7. The van der Waals surface area contributed by atoms with Gasteiger partial charge in [-0.05, 0) is 68.1 Å². The minimum atomic E-state index is -4.13. The van der Waals surface area contributed by atoms with Gasteiger partial charge in [0.25, 0.3) is 10.0 Å². The van der Waals surface area contributed by atoms with Gasteiger partial charge >= 0.3 is 0 Å². The SMILES string of the molecule is CCNC(=O)[C@H](CC)N(Cc1ccccc1C)C(=O)CN(c1ccc(C)c(Cl)c1)S(=O)(=O)c1ccccc1.